The molecule has 0 aliphatic carbocycles. The van der Waals surface area contributed by atoms with Crippen molar-refractivity contribution in [2.75, 3.05) is 12.4 Å². The quantitative estimate of drug-likeness (QED) is 0.589. The summed E-state index contributed by atoms with van der Waals surface area (Å²) in [5, 5.41) is 3.65. The van der Waals surface area contributed by atoms with E-state index in [1.807, 2.05) is 19.1 Å². The Balaban J connectivity index is 1.78. The first-order valence-corrected chi connectivity index (χ1v) is 7.83. The maximum atomic E-state index is 13.8. The second kappa shape index (κ2) is 6.07. The molecule has 2 N–H and O–H groups in total. The minimum atomic E-state index is -0.616. The minimum absolute atomic E-state index is 0.0826. The third-order valence-corrected chi connectivity index (χ3v) is 4.01. The molecular formula is C18H14FN5O2. The van der Waals surface area contributed by atoms with Gasteiger partial charge in [0.05, 0.1) is 23.8 Å². The predicted octanol–water partition coefficient (Wildman–Crippen LogP) is 3.07. The van der Waals surface area contributed by atoms with Crippen molar-refractivity contribution in [1.82, 2.24) is 19.9 Å². The van der Waals surface area contributed by atoms with Crippen LogP contribution in [0.5, 0.6) is 5.75 Å². The van der Waals surface area contributed by atoms with Crippen LogP contribution in [0.15, 0.2) is 41.2 Å². The molecule has 0 saturated carbocycles. The number of benzene rings is 2. The summed E-state index contributed by atoms with van der Waals surface area (Å²) in [5.41, 5.74) is 1.14. The number of aryl methyl sites for hydroxylation is 1. The molecule has 0 radical (unpaired) electrons. The van der Waals surface area contributed by atoms with Crippen LogP contribution in [-0.4, -0.2) is 27.0 Å². The molecule has 2 aromatic heterocycles. The van der Waals surface area contributed by atoms with Crippen LogP contribution >= 0.6 is 0 Å². The molecule has 0 unspecified atom stereocenters. The second-order valence-corrected chi connectivity index (χ2v) is 5.69. The zero-order chi connectivity index (χ0) is 18.3. The fraction of sp³-hybridized carbons (Fsp3) is 0.111. The average Bonchev–Trinajstić information content (AvgIpc) is 2.61. The van der Waals surface area contributed by atoms with E-state index in [0.717, 1.165) is 16.6 Å². The molecule has 2 heterocycles. The molecule has 4 rings (SSSR count). The van der Waals surface area contributed by atoms with E-state index in [-0.39, 0.29) is 22.8 Å². The van der Waals surface area contributed by atoms with Crippen molar-refractivity contribution in [3.05, 3.63) is 58.3 Å². The Labute approximate surface area is 146 Å². The average molecular weight is 351 g/mol. The molecule has 0 fully saturated rings. The molecule has 0 atom stereocenters. The molecule has 0 amide bonds. The van der Waals surface area contributed by atoms with Crippen LogP contribution in [0.4, 0.5) is 16.3 Å². The summed E-state index contributed by atoms with van der Waals surface area (Å²) < 4.78 is 19.0. The first-order chi connectivity index (χ1) is 12.5. The largest absolute Gasteiger partial charge is 0.497 e. The van der Waals surface area contributed by atoms with E-state index < -0.39 is 11.4 Å². The van der Waals surface area contributed by atoms with Gasteiger partial charge in [0, 0.05) is 5.39 Å². The lowest BCUT2D eigenvalue weighted by molar-refractivity contribution is 0.415. The van der Waals surface area contributed by atoms with Crippen molar-refractivity contribution in [3.8, 4) is 5.75 Å². The van der Waals surface area contributed by atoms with Crippen molar-refractivity contribution in [1.29, 1.82) is 0 Å². The van der Waals surface area contributed by atoms with Crippen molar-refractivity contribution in [2.45, 2.75) is 6.92 Å². The van der Waals surface area contributed by atoms with Gasteiger partial charge in [0.15, 0.2) is 0 Å². The molecule has 2 aromatic carbocycles. The fourth-order valence-corrected chi connectivity index (χ4v) is 2.76. The number of halogens is 1. The number of hydrogen-bond donors (Lipinski definition) is 2. The molecule has 4 aromatic rings. The number of nitrogens with one attached hydrogen (secondary N) is 2. The summed E-state index contributed by atoms with van der Waals surface area (Å²) in [7, 11) is 1.60. The number of ether oxygens (including phenoxy) is 1. The second-order valence-electron chi connectivity index (χ2n) is 5.69. The summed E-state index contributed by atoms with van der Waals surface area (Å²) >= 11 is 0. The van der Waals surface area contributed by atoms with Gasteiger partial charge < -0.3 is 4.74 Å². The van der Waals surface area contributed by atoms with Gasteiger partial charge >= 0.3 is 0 Å². The Morgan fingerprint density at radius 3 is 2.77 bits per heavy atom. The van der Waals surface area contributed by atoms with Crippen molar-refractivity contribution >= 4 is 33.7 Å². The lowest BCUT2D eigenvalue weighted by atomic mass is 10.2. The highest BCUT2D eigenvalue weighted by Crippen LogP contribution is 2.23. The van der Waals surface area contributed by atoms with E-state index in [1.54, 1.807) is 19.2 Å². The van der Waals surface area contributed by atoms with Crippen LogP contribution in [0.1, 0.15) is 5.69 Å². The molecule has 0 aliphatic rings. The number of fused-ring (bicyclic) bond motifs is 2. The number of nitrogens with zero attached hydrogens (tertiary/aromatic N) is 3. The van der Waals surface area contributed by atoms with Gasteiger partial charge in [0.2, 0.25) is 11.9 Å². The van der Waals surface area contributed by atoms with Gasteiger partial charge in [0.1, 0.15) is 17.0 Å². The highest BCUT2D eigenvalue weighted by molar-refractivity contribution is 5.84. The van der Waals surface area contributed by atoms with E-state index in [0.29, 0.717) is 5.75 Å². The Morgan fingerprint density at radius 2 is 1.96 bits per heavy atom. The van der Waals surface area contributed by atoms with Crippen LogP contribution in [0.25, 0.3) is 21.8 Å². The highest BCUT2D eigenvalue weighted by Gasteiger charge is 2.11. The van der Waals surface area contributed by atoms with Crippen LogP contribution in [0.2, 0.25) is 0 Å². The third kappa shape index (κ3) is 2.71. The number of methoxy groups -OCH3 is 1. The van der Waals surface area contributed by atoms with Crippen molar-refractivity contribution < 1.29 is 9.13 Å². The lowest BCUT2D eigenvalue weighted by Crippen LogP contribution is -2.13. The maximum Gasteiger partial charge on any atom is 0.263 e. The number of aromatic amines is 1. The first kappa shape index (κ1) is 15.9. The standard InChI is InChI=1S/C18H14FN5O2/c1-9-11-8-10(26-2)6-7-13(11)21-17(20-9)24-18-22-14-5-3-4-12(19)15(14)16(25)23-18/h3-8H,1-2H3,(H2,20,21,22,23,24,25). The van der Waals surface area contributed by atoms with Crippen molar-refractivity contribution in [3.63, 3.8) is 0 Å². The Bertz CT molecular complexity index is 1210. The minimum Gasteiger partial charge on any atom is -0.497 e. The van der Waals surface area contributed by atoms with Gasteiger partial charge in [-0.3, -0.25) is 15.1 Å². The van der Waals surface area contributed by atoms with E-state index in [9.17, 15) is 9.18 Å². The molecular weight excluding hydrogens is 337 g/mol. The van der Waals surface area contributed by atoms with Gasteiger partial charge in [0.25, 0.3) is 5.56 Å². The normalized spacial score (nSPS) is 11.0. The summed E-state index contributed by atoms with van der Waals surface area (Å²) in [5.74, 6) is 0.515. The molecule has 7 nitrogen and oxygen atoms in total. The topological polar surface area (TPSA) is 92.8 Å². The summed E-state index contributed by atoms with van der Waals surface area (Å²) in [4.78, 5) is 27.7. The monoisotopic (exact) mass is 351 g/mol. The van der Waals surface area contributed by atoms with Crippen LogP contribution in [-0.2, 0) is 0 Å². The summed E-state index contributed by atoms with van der Waals surface area (Å²) in [6, 6.07) is 9.76. The summed E-state index contributed by atoms with van der Waals surface area (Å²) in [6.07, 6.45) is 0. The van der Waals surface area contributed by atoms with E-state index >= 15 is 0 Å². The molecule has 8 heteroatoms. The van der Waals surface area contributed by atoms with Gasteiger partial charge in [-0.15, -0.1) is 0 Å². The molecule has 26 heavy (non-hydrogen) atoms. The van der Waals surface area contributed by atoms with Gasteiger partial charge in [-0.1, -0.05) is 6.07 Å². The summed E-state index contributed by atoms with van der Waals surface area (Å²) in [6.45, 7) is 1.85. The number of aromatic nitrogens is 4. The molecule has 130 valence electrons. The number of hydrogen-bond acceptors (Lipinski definition) is 6. The molecule has 0 bridgehead atoms. The Kier molecular flexibility index (Phi) is 3.72. The third-order valence-electron chi connectivity index (χ3n) is 4.01. The molecule has 0 spiro atoms. The number of H-pyrrole nitrogens is 1. The maximum absolute atomic E-state index is 13.8. The first-order valence-electron chi connectivity index (χ1n) is 7.83. The van der Waals surface area contributed by atoms with E-state index in [4.69, 9.17) is 4.74 Å². The van der Waals surface area contributed by atoms with Crippen LogP contribution in [0, 0.1) is 12.7 Å². The molecule has 0 aliphatic heterocycles. The number of anilines is 2. The van der Waals surface area contributed by atoms with Crippen molar-refractivity contribution in [2.24, 2.45) is 0 Å². The Hall–Kier alpha value is -3.55. The van der Waals surface area contributed by atoms with Gasteiger partial charge in [-0.25, -0.2) is 19.3 Å². The predicted molar refractivity (Wildman–Crippen MR) is 96.4 cm³/mol. The highest BCUT2D eigenvalue weighted by atomic mass is 19.1. The smallest absolute Gasteiger partial charge is 0.263 e. The molecule has 0 saturated heterocycles. The van der Waals surface area contributed by atoms with E-state index in [2.05, 4.69) is 25.3 Å². The zero-order valence-corrected chi connectivity index (χ0v) is 14.0. The Morgan fingerprint density at radius 1 is 1.12 bits per heavy atom. The van der Waals surface area contributed by atoms with Gasteiger partial charge in [-0.2, -0.15) is 0 Å². The van der Waals surface area contributed by atoms with Crippen LogP contribution < -0.4 is 15.6 Å². The zero-order valence-electron chi connectivity index (χ0n) is 14.0. The fourth-order valence-electron chi connectivity index (χ4n) is 2.76. The van der Waals surface area contributed by atoms with Gasteiger partial charge in [-0.05, 0) is 37.3 Å². The van der Waals surface area contributed by atoms with E-state index in [1.165, 1.54) is 12.1 Å². The lowest BCUT2D eigenvalue weighted by Gasteiger charge is -2.09. The number of rotatable bonds is 3. The SMILES string of the molecule is COc1ccc2nc(Nc3nc4cccc(F)c4c(=O)[nH]3)nc(C)c2c1. The van der Waals surface area contributed by atoms with Crippen LogP contribution in [0.3, 0.4) is 0 Å².